The number of nitrogens with one attached hydrogen (secondary N) is 1. The first kappa shape index (κ1) is 11.1. The molecule has 2 rings (SSSR count). The summed E-state index contributed by atoms with van der Waals surface area (Å²) in [5.74, 6) is 0. The first-order valence-corrected chi connectivity index (χ1v) is 6.37. The number of thioether (sulfide) groups is 1. The van der Waals surface area contributed by atoms with E-state index in [1.807, 2.05) is 24.0 Å². The Morgan fingerprint density at radius 1 is 1.25 bits per heavy atom. The first-order valence-electron chi connectivity index (χ1n) is 5.14. The molecule has 0 spiro atoms. The lowest BCUT2D eigenvalue weighted by atomic mass is 10.3. The van der Waals surface area contributed by atoms with Crippen LogP contribution in [-0.4, -0.2) is 16.0 Å². The molecule has 1 heterocycles. The average Bonchev–Trinajstić information content (AvgIpc) is 2.73. The second-order valence-corrected chi connectivity index (χ2v) is 4.41. The van der Waals surface area contributed by atoms with Crippen molar-refractivity contribution in [1.29, 1.82) is 0 Å². The van der Waals surface area contributed by atoms with Gasteiger partial charge in [-0.3, -0.25) is 4.68 Å². The van der Waals surface area contributed by atoms with Gasteiger partial charge in [-0.1, -0.05) is 0 Å². The molecule has 3 nitrogen and oxygen atoms in total. The molecule has 0 radical (unpaired) electrons. The van der Waals surface area contributed by atoms with Crippen LogP contribution in [0.5, 0.6) is 0 Å². The third-order valence-corrected chi connectivity index (χ3v) is 3.23. The van der Waals surface area contributed by atoms with Crippen LogP contribution in [0.1, 0.15) is 5.69 Å². The van der Waals surface area contributed by atoms with Gasteiger partial charge < -0.3 is 5.32 Å². The molecule has 1 aromatic heterocycles. The maximum Gasteiger partial charge on any atom is 0.0571 e. The molecule has 0 aliphatic heterocycles. The maximum atomic E-state index is 4.13. The highest BCUT2D eigenvalue weighted by molar-refractivity contribution is 7.98. The lowest BCUT2D eigenvalue weighted by Gasteiger charge is -2.07. The molecule has 0 aliphatic carbocycles. The standard InChI is InChI=1S/C12H15N3S/c1-15-11(7-8-14-15)9-13-10-3-5-12(16-2)6-4-10/h3-8,13H,9H2,1-2H3. The van der Waals surface area contributed by atoms with Gasteiger partial charge in [0.25, 0.3) is 0 Å². The fraction of sp³-hybridized carbons (Fsp3) is 0.250. The van der Waals surface area contributed by atoms with Crippen LogP contribution in [0.25, 0.3) is 0 Å². The monoisotopic (exact) mass is 233 g/mol. The van der Waals surface area contributed by atoms with E-state index in [-0.39, 0.29) is 0 Å². The normalized spacial score (nSPS) is 10.4. The van der Waals surface area contributed by atoms with Gasteiger partial charge in [-0.05, 0) is 36.6 Å². The Hall–Kier alpha value is -1.42. The number of aromatic nitrogens is 2. The molecule has 2 aromatic rings. The molecule has 4 heteroatoms. The Bertz CT molecular complexity index is 448. The van der Waals surface area contributed by atoms with Crippen molar-refractivity contribution in [3.63, 3.8) is 0 Å². The SMILES string of the molecule is CSc1ccc(NCc2ccnn2C)cc1. The zero-order valence-electron chi connectivity index (χ0n) is 9.47. The summed E-state index contributed by atoms with van der Waals surface area (Å²) in [6.07, 6.45) is 3.89. The summed E-state index contributed by atoms with van der Waals surface area (Å²) >= 11 is 1.75. The number of hydrogen-bond donors (Lipinski definition) is 1. The molecule has 0 saturated heterocycles. The van der Waals surface area contributed by atoms with Gasteiger partial charge in [0.15, 0.2) is 0 Å². The summed E-state index contributed by atoms with van der Waals surface area (Å²) in [4.78, 5) is 1.28. The molecule has 0 atom stereocenters. The number of hydrogen-bond acceptors (Lipinski definition) is 3. The van der Waals surface area contributed by atoms with Crippen molar-refractivity contribution in [1.82, 2.24) is 9.78 Å². The van der Waals surface area contributed by atoms with E-state index in [0.717, 1.165) is 12.2 Å². The highest BCUT2D eigenvalue weighted by Gasteiger charge is 1.98. The Labute approximate surface area is 99.9 Å². The van der Waals surface area contributed by atoms with Gasteiger partial charge >= 0.3 is 0 Å². The molecule has 0 aliphatic rings. The van der Waals surface area contributed by atoms with Crippen LogP contribution in [0.15, 0.2) is 41.4 Å². The van der Waals surface area contributed by atoms with Gasteiger partial charge in [0.1, 0.15) is 0 Å². The Balaban J connectivity index is 1.97. The smallest absolute Gasteiger partial charge is 0.0571 e. The lowest BCUT2D eigenvalue weighted by molar-refractivity contribution is 0.720. The minimum Gasteiger partial charge on any atom is -0.379 e. The zero-order valence-corrected chi connectivity index (χ0v) is 10.3. The summed E-state index contributed by atoms with van der Waals surface area (Å²) in [7, 11) is 1.95. The fourth-order valence-corrected chi connectivity index (χ4v) is 1.88. The van der Waals surface area contributed by atoms with Crippen LogP contribution < -0.4 is 5.32 Å². The Morgan fingerprint density at radius 3 is 2.56 bits per heavy atom. The van der Waals surface area contributed by atoms with E-state index in [4.69, 9.17) is 0 Å². The van der Waals surface area contributed by atoms with Crippen molar-refractivity contribution in [3.05, 3.63) is 42.2 Å². The zero-order chi connectivity index (χ0) is 11.4. The van der Waals surface area contributed by atoms with Gasteiger partial charge in [0, 0.05) is 23.8 Å². The van der Waals surface area contributed by atoms with E-state index in [1.165, 1.54) is 10.6 Å². The van der Waals surface area contributed by atoms with Crippen molar-refractivity contribution < 1.29 is 0 Å². The van der Waals surface area contributed by atoms with Gasteiger partial charge in [-0.2, -0.15) is 5.10 Å². The predicted molar refractivity (Wildman–Crippen MR) is 68.8 cm³/mol. The third kappa shape index (κ3) is 2.58. The van der Waals surface area contributed by atoms with Gasteiger partial charge in [-0.25, -0.2) is 0 Å². The molecule has 1 N–H and O–H groups in total. The van der Waals surface area contributed by atoms with Crippen molar-refractivity contribution in [2.24, 2.45) is 7.05 Å². The summed E-state index contributed by atoms with van der Waals surface area (Å²) in [6, 6.07) is 10.5. The average molecular weight is 233 g/mol. The molecule has 0 bridgehead atoms. The van der Waals surface area contributed by atoms with Crippen LogP contribution in [0, 0.1) is 0 Å². The molecule has 0 saturated carbocycles. The van der Waals surface area contributed by atoms with Crippen LogP contribution in [-0.2, 0) is 13.6 Å². The summed E-state index contributed by atoms with van der Waals surface area (Å²) in [6.45, 7) is 0.801. The van der Waals surface area contributed by atoms with Crippen molar-refractivity contribution in [2.75, 3.05) is 11.6 Å². The van der Waals surface area contributed by atoms with E-state index in [2.05, 4.69) is 40.9 Å². The third-order valence-electron chi connectivity index (χ3n) is 2.49. The minimum atomic E-state index is 0.801. The van der Waals surface area contributed by atoms with E-state index >= 15 is 0 Å². The highest BCUT2D eigenvalue weighted by Crippen LogP contribution is 2.17. The molecule has 0 amide bonds. The molecular weight excluding hydrogens is 218 g/mol. The molecule has 16 heavy (non-hydrogen) atoms. The molecule has 0 unspecified atom stereocenters. The summed E-state index contributed by atoms with van der Waals surface area (Å²) in [5, 5.41) is 7.50. The van der Waals surface area contributed by atoms with Crippen molar-refractivity contribution in [2.45, 2.75) is 11.4 Å². The molecular formula is C12H15N3S. The van der Waals surface area contributed by atoms with Crippen molar-refractivity contribution in [3.8, 4) is 0 Å². The molecule has 0 fully saturated rings. The largest absolute Gasteiger partial charge is 0.379 e. The van der Waals surface area contributed by atoms with E-state index in [1.54, 1.807) is 11.8 Å². The van der Waals surface area contributed by atoms with Crippen molar-refractivity contribution >= 4 is 17.4 Å². The fourth-order valence-electron chi connectivity index (χ4n) is 1.48. The molecule has 84 valence electrons. The molecule has 1 aromatic carbocycles. The summed E-state index contributed by atoms with van der Waals surface area (Å²) < 4.78 is 1.88. The van der Waals surface area contributed by atoms with Gasteiger partial charge in [-0.15, -0.1) is 11.8 Å². The van der Waals surface area contributed by atoms with Crippen LogP contribution in [0.4, 0.5) is 5.69 Å². The minimum absolute atomic E-state index is 0.801. The predicted octanol–water partition coefficient (Wildman–Crippen LogP) is 2.75. The number of rotatable bonds is 4. The van der Waals surface area contributed by atoms with Gasteiger partial charge in [0.05, 0.1) is 12.2 Å². The maximum absolute atomic E-state index is 4.13. The van der Waals surface area contributed by atoms with Crippen LogP contribution in [0.3, 0.4) is 0 Å². The first-order chi connectivity index (χ1) is 7.79. The summed E-state index contributed by atoms with van der Waals surface area (Å²) in [5.41, 5.74) is 2.31. The topological polar surface area (TPSA) is 29.9 Å². The Kier molecular flexibility index (Phi) is 3.51. The van der Waals surface area contributed by atoms with E-state index in [0.29, 0.717) is 0 Å². The van der Waals surface area contributed by atoms with Crippen LogP contribution >= 0.6 is 11.8 Å². The number of nitrogens with zero attached hydrogens (tertiary/aromatic N) is 2. The Morgan fingerprint density at radius 2 is 2.00 bits per heavy atom. The van der Waals surface area contributed by atoms with E-state index in [9.17, 15) is 0 Å². The second kappa shape index (κ2) is 5.07. The highest BCUT2D eigenvalue weighted by atomic mass is 32.2. The number of aryl methyl sites for hydroxylation is 1. The van der Waals surface area contributed by atoms with Gasteiger partial charge in [0.2, 0.25) is 0 Å². The quantitative estimate of drug-likeness (QED) is 0.824. The van der Waals surface area contributed by atoms with E-state index < -0.39 is 0 Å². The lowest BCUT2D eigenvalue weighted by Crippen LogP contribution is -2.05. The second-order valence-electron chi connectivity index (χ2n) is 3.53. The van der Waals surface area contributed by atoms with Crippen LogP contribution in [0.2, 0.25) is 0 Å². The number of anilines is 1. The number of benzene rings is 1.